The molecule has 0 aliphatic heterocycles. The first kappa shape index (κ1) is 9.40. The minimum Gasteiger partial charge on any atom is -0.316 e. The molecule has 1 saturated carbocycles. The van der Waals surface area contributed by atoms with Crippen molar-refractivity contribution in [2.45, 2.75) is 32.2 Å². The van der Waals surface area contributed by atoms with Crippen LogP contribution in [0.5, 0.6) is 0 Å². The molecule has 1 atom stereocenters. The minimum absolute atomic E-state index is 0.771. The molecule has 1 N–H and O–H groups in total. The van der Waals surface area contributed by atoms with Gasteiger partial charge in [0.1, 0.15) is 0 Å². The average Bonchev–Trinajstić information content (AvgIpc) is 2.81. The first-order valence-corrected chi connectivity index (χ1v) is 5.77. The molecule has 0 radical (unpaired) electrons. The van der Waals surface area contributed by atoms with Crippen LogP contribution in [0.2, 0.25) is 0 Å². The lowest BCUT2D eigenvalue weighted by Gasteiger charge is -2.14. The molecule has 0 aromatic heterocycles. The number of rotatable bonds is 6. The third-order valence-corrected chi connectivity index (χ3v) is 3.29. The lowest BCUT2D eigenvalue weighted by Crippen LogP contribution is -2.28. The molecular weight excluding hydrogens is 154 g/mol. The van der Waals surface area contributed by atoms with E-state index < -0.39 is 0 Å². The van der Waals surface area contributed by atoms with Gasteiger partial charge >= 0.3 is 0 Å². The number of nitrogens with one attached hydrogen (secondary N) is 1. The Morgan fingerprint density at radius 2 is 2.27 bits per heavy atom. The zero-order valence-corrected chi connectivity index (χ0v) is 8.41. The van der Waals surface area contributed by atoms with Gasteiger partial charge in [0.15, 0.2) is 0 Å². The Morgan fingerprint density at radius 1 is 1.55 bits per heavy atom. The van der Waals surface area contributed by atoms with Gasteiger partial charge < -0.3 is 5.32 Å². The summed E-state index contributed by atoms with van der Waals surface area (Å²) >= 11 is 2.05. The Kier molecular flexibility index (Phi) is 4.31. The molecule has 1 unspecified atom stereocenters. The second-order valence-electron chi connectivity index (χ2n) is 3.32. The van der Waals surface area contributed by atoms with Gasteiger partial charge in [0.2, 0.25) is 0 Å². The van der Waals surface area contributed by atoms with Gasteiger partial charge in [0.05, 0.1) is 0 Å². The Morgan fingerprint density at radius 3 is 2.73 bits per heavy atom. The van der Waals surface area contributed by atoms with E-state index in [1.807, 2.05) is 11.8 Å². The third-order valence-electron chi connectivity index (χ3n) is 2.25. The fourth-order valence-corrected chi connectivity index (χ4v) is 2.11. The van der Waals surface area contributed by atoms with Crippen LogP contribution in [0.15, 0.2) is 0 Å². The van der Waals surface area contributed by atoms with Crippen LogP contribution in [-0.2, 0) is 0 Å². The van der Waals surface area contributed by atoms with Crippen molar-refractivity contribution in [1.82, 2.24) is 5.32 Å². The van der Waals surface area contributed by atoms with Crippen molar-refractivity contribution in [3.63, 3.8) is 0 Å². The third kappa shape index (κ3) is 4.02. The van der Waals surface area contributed by atoms with Gasteiger partial charge in [-0.1, -0.05) is 19.8 Å². The highest BCUT2D eigenvalue weighted by Gasteiger charge is 2.24. The van der Waals surface area contributed by atoms with Crippen LogP contribution >= 0.6 is 11.8 Å². The van der Waals surface area contributed by atoms with Gasteiger partial charge in [-0.25, -0.2) is 0 Å². The molecule has 0 heterocycles. The topological polar surface area (TPSA) is 12.0 Å². The molecule has 1 aliphatic carbocycles. The summed E-state index contributed by atoms with van der Waals surface area (Å²) in [7, 11) is 2.09. The van der Waals surface area contributed by atoms with Crippen molar-refractivity contribution in [2.24, 2.45) is 5.92 Å². The summed E-state index contributed by atoms with van der Waals surface area (Å²) in [5.41, 5.74) is 0. The fourth-order valence-electron chi connectivity index (χ4n) is 1.29. The zero-order valence-electron chi connectivity index (χ0n) is 7.60. The van der Waals surface area contributed by atoms with E-state index >= 15 is 0 Å². The van der Waals surface area contributed by atoms with E-state index in [0.29, 0.717) is 0 Å². The summed E-state index contributed by atoms with van der Waals surface area (Å²) in [5, 5.41) is 3.39. The normalized spacial score (nSPS) is 20.2. The van der Waals surface area contributed by atoms with Gasteiger partial charge in [-0.15, -0.1) is 0 Å². The fraction of sp³-hybridized carbons (Fsp3) is 1.00. The van der Waals surface area contributed by atoms with Crippen LogP contribution < -0.4 is 5.32 Å². The second-order valence-corrected chi connectivity index (χ2v) is 4.64. The van der Waals surface area contributed by atoms with Crippen molar-refractivity contribution < 1.29 is 0 Å². The summed E-state index contributed by atoms with van der Waals surface area (Å²) in [4.78, 5) is 0. The lowest BCUT2D eigenvalue weighted by molar-refractivity contribution is 0.536. The first-order valence-electron chi connectivity index (χ1n) is 4.61. The van der Waals surface area contributed by atoms with E-state index in [2.05, 4.69) is 19.3 Å². The van der Waals surface area contributed by atoms with Crippen LogP contribution in [0.1, 0.15) is 26.2 Å². The number of hydrogen-bond acceptors (Lipinski definition) is 2. The monoisotopic (exact) mass is 173 g/mol. The molecule has 0 aromatic carbocycles. The summed E-state index contributed by atoms with van der Waals surface area (Å²) in [6.07, 6.45) is 4.37. The average molecular weight is 173 g/mol. The van der Waals surface area contributed by atoms with E-state index in [1.54, 1.807) is 0 Å². The maximum absolute atomic E-state index is 3.39. The highest BCUT2D eigenvalue weighted by molar-refractivity contribution is 7.99. The van der Waals surface area contributed by atoms with Crippen molar-refractivity contribution in [3.8, 4) is 0 Å². The zero-order chi connectivity index (χ0) is 8.10. The molecule has 1 aliphatic rings. The predicted molar refractivity (Wildman–Crippen MR) is 53.2 cm³/mol. The molecular formula is C9H19NS. The molecule has 2 heteroatoms. The van der Waals surface area contributed by atoms with Crippen LogP contribution in [0, 0.1) is 5.92 Å². The van der Waals surface area contributed by atoms with E-state index in [9.17, 15) is 0 Å². The number of hydrogen-bond donors (Lipinski definition) is 1. The molecule has 0 aromatic rings. The van der Waals surface area contributed by atoms with Gasteiger partial charge in [-0.3, -0.25) is 0 Å². The second kappa shape index (κ2) is 5.04. The van der Waals surface area contributed by atoms with Crippen molar-refractivity contribution in [2.75, 3.05) is 18.6 Å². The summed E-state index contributed by atoms with van der Waals surface area (Å²) in [6, 6.07) is 0.771. The molecule has 0 spiro atoms. The Balaban J connectivity index is 2.02. The molecule has 66 valence electrons. The molecule has 1 fully saturated rings. The van der Waals surface area contributed by atoms with E-state index in [0.717, 1.165) is 12.0 Å². The van der Waals surface area contributed by atoms with Crippen molar-refractivity contribution in [1.29, 1.82) is 0 Å². The van der Waals surface area contributed by atoms with Gasteiger partial charge in [0, 0.05) is 11.8 Å². The number of thioether (sulfide) groups is 1. The van der Waals surface area contributed by atoms with E-state index in [1.165, 1.54) is 30.8 Å². The van der Waals surface area contributed by atoms with E-state index in [-0.39, 0.29) is 0 Å². The maximum Gasteiger partial charge on any atom is 0.0157 e. The van der Waals surface area contributed by atoms with Crippen LogP contribution in [0.25, 0.3) is 0 Å². The molecule has 1 rings (SSSR count). The molecule has 0 saturated heterocycles. The summed E-state index contributed by atoms with van der Waals surface area (Å²) in [5.74, 6) is 3.61. The predicted octanol–water partition coefficient (Wildman–Crippen LogP) is 2.13. The molecule has 1 nitrogen and oxygen atoms in total. The summed E-state index contributed by atoms with van der Waals surface area (Å²) < 4.78 is 0. The molecule has 11 heavy (non-hydrogen) atoms. The van der Waals surface area contributed by atoms with Crippen molar-refractivity contribution in [3.05, 3.63) is 0 Å². The highest BCUT2D eigenvalue weighted by atomic mass is 32.2. The standard InChI is InChI=1S/C9H19NS/c1-3-11-7-9(10-2)6-8-4-5-8/h8-10H,3-7H2,1-2H3. The van der Waals surface area contributed by atoms with Crippen LogP contribution in [0.3, 0.4) is 0 Å². The molecule has 0 bridgehead atoms. The lowest BCUT2D eigenvalue weighted by atomic mass is 10.2. The Bertz CT molecular complexity index is 102. The smallest absolute Gasteiger partial charge is 0.0157 e. The quantitative estimate of drug-likeness (QED) is 0.660. The van der Waals surface area contributed by atoms with Gasteiger partial charge in [-0.2, -0.15) is 11.8 Å². The minimum atomic E-state index is 0.771. The van der Waals surface area contributed by atoms with Crippen LogP contribution in [0.4, 0.5) is 0 Å². The first-order chi connectivity index (χ1) is 5.36. The highest BCUT2D eigenvalue weighted by Crippen LogP contribution is 2.33. The van der Waals surface area contributed by atoms with Crippen molar-refractivity contribution >= 4 is 11.8 Å². The Hall–Kier alpha value is 0.310. The summed E-state index contributed by atoms with van der Waals surface area (Å²) in [6.45, 7) is 2.23. The largest absolute Gasteiger partial charge is 0.316 e. The SMILES string of the molecule is CCSCC(CC1CC1)NC. The maximum atomic E-state index is 3.39. The molecule has 0 amide bonds. The van der Waals surface area contributed by atoms with Gasteiger partial charge in [-0.05, 0) is 25.1 Å². The van der Waals surface area contributed by atoms with E-state index in [4.69, 9.17) is 0 Å². The van der Waals surface area contributed by atoms with Gasteiger partial charge in [0.25, 0.3) is 0 Å². The Labute approximate surface area is 74.3 Å². The van der Waals surface area contributed by atoms with Crippen LogP contribution in [-0.4, -0.2) is 24.6 Å².